The van der Waals surface area contributed by atoms with E-state index in [9.17, 15) is 4.79 Å². The molecule has 0 saturated heterocycles. The quantitative estimate of drug-likeness (QED) is 0.672. The van der Waals surface area contributed by atoms with Crippen LogP contribution in [0.25, 0.3) is 21.9 Å². The summed E-state index contributed by atoms with van der Waals surface area (Å²) in [5.74, 6) is 1.32. The largest absolute Gasteiger partial charge is 0.292 e. The summed E-state index contributed by atoms with van der Waals surface area (Å²) < 4.78 is 3.63. The minimum atomic E-state index is 0.0816. The lowest BCUT2D eigenvalue weighted by Gasteiger charge is -2.03. The van der Waals surface area contributed by atoms with E-state index in [0.717, 1.165) is 44.0 Å². The van der Waals surface area contributed by atoms with Gasteiger partial charge < -0.3 is 0 Å². The van der Waals surface area contributed by atoms with Crippen LogP contribution in [0.3, 0.4) is 0 Å². The van der Waals surface area contributed by atoms with Crippen LogP contribution in [0.1, 0.15) is 28.2 Å². The normalized spacial score (nSPS) is 15.5. The zero-order valence-electron chi connectivity index (χ0n) is 13.5. The molecule has 0 fully saturated rings. The average Bonchev–Trinajstić information content (AvgIpc) is 3.22. The lowest BCUT2D eigenvalue weighted by atomic mass is 10.1. The topological polar surface area (TPSA) is 52.7 Å². The minimum Gasteiger partial charge on any atom is -0.292 e. The molecule has 4 rings (SSSR count). The van der Waals surface area contributed by atoms with Crippen LogP contribution in [-0.4, -0.2) is 25.2 Å². The van der Waals surface area contributed by atoms with Crippen LogP contribution in [0, 0.1) is 13.8 Å². The molecule has 0 aromatic carbocycles. The highest BCUT2D eigenvalue weighted by atomic mass is 35.5. The number of nitrogens with zero attached hydrogens (tertiary/aromatic N) is 4. The Kier molecular flexibility index (Phi) is 3.81. The van der Waals surface area contributed by atoms with Crippen molar-refractivity contribution in [2.45, 2.75) is 33.4 Å². The number of hydrogen-bond acceptors (Lipinski definition) is 4. The van der Waals surface area contributed by atoms with Crippen LogP contribution < -0.4 is 5.56 Å². The second kappa shape index (κ2) is 5.86. The molecule has 3 aromatic rings. The van der Waals surface area contributed by atoms with Gasteiger partial charge in [-0.2, -0.15) is 5.10 Å². The Morgan fingerprint density at radius 3 is 3.04 bits per heavy atom. The third-order valence-electron chi connectivity index (χ3n) is 4.49. The first-order chi connectivity index (χ1) is 11.6. The van der Waals surface area contributed by atoms with Crippen molar-refractivity contribution in [1.82, 2.24) is 19.3 Å². The maximum atomic E-state index is 12.8. The third-order valence-corrected chi connectivity index (χ3v) is 5.76. The lowest BCUT2D eigenvalue weighted by molar-refractivity contribution is 0.664. The first-order valence-corrected chi connectivity index (χ1v) is 9.23. The summed E-state index contributed by atoms with van der Waals surface area (Å²) in [6.07, 6.45) is 6.67. The molecule has 0 radical (unpaired) electrons. The molecule has 124 valence electrons. The SMILES string of the molecule is Cc1sc2nc3n(c(=O)c2c1C)CCC3=Cc1cnn(CCCl)c1. The maximum absolute atomic E-state index is 12.8. The van der Waals surface area contributed by atoms with Crippen molar-refractivity contribution < 1.29 is 0 Å². The fourth-order valence-corrected chi connectivity index (χ4v) is 4.32. The molecule has 0 bridgehead atoms. The number of rotatable bonds is 3. The second-order valence-corrected chi connectivity index (χ2v) is 7.58. The second-order valence-electron chi connectivity index (χ2n) is 6.00. The predicted octanol–water partition coefficient (Wildman–Crippen LogP) is 3.45. The van der Waals surface area contributed by atoms with E-state index in [4.69, 9.17) is 16.6 Å². The van der Waals surface area contributed by atoms with E-state index in [1.54, 1.807) is 15.9 Å². The number of fused-ring (bicyclic) bond motifs is 2. The van der Waals surface area contributed by atoms with Crippen LogP contribution in [0.4, 0.5) is 0 Å². The van der Waals surface area contributed by atoms with Crippen LogP contribution in [-0.2, 0) is 13.1 Å². The van der Waals surface area contributed by atoms with E-state index in [0.29, 0.717) is 19.0 Å². The van der Waals surface area contributed by atoms with Gasteiger partial charge >= 0.3 is 0 Å². The number of thiophene rings is 1. The smallest absolute Gasteiger partial charge is 0.262 e. The molecular formula is C17H17ClN4OS. The monoisotopic (exact) mass is 360 g/mol. The number of halogens is 1. The fourth-order valence-electron chi connectivity index (χ4n) is 3.12. The summed E-state index contributed by atoms with van der Waals surface area (Å²) in [7, 11) is 0. The standard InChI is InChI=1S/C17H17ClN4OS/c1-10-11(2)24-16-14(10)17(23)22-5-3-13(15(22)20-16)7-12-8-19-21(9-12)6-4-18/h7-9H,3-6H2,1-2H3. The molecule has 0 N–H and O–H groups in total. The van der Waals surface area contributed by atoms with E-state index in [1.807, 2.05) is 30.9 Å². The summed E-state index contributed by atoms with van der Waals surface area (Å²) >= 11 is 7.34. The van der Waals surface area contributed by atoms with E-state index in [2.05, 4.69) is 11.2 Å². The molecular weight excluding hydrogens is 344 g/mol. The van der Waals surface area contributed by atoms with Gasteiger partial charge in [-0.05, 0) is 37.5 Å². The van der Waals surface area contributed by atoms with Gasteiger partial charge in [0, 0.05) is 29.1 Å². The Bertz CT molecular complexity index is 1030. The Balaban J connectivity index is 1.82. The zero-order chi connectivity index (χ0) is 16.8. The molecule has 0 aliphatic carbocycles. The van der Waals surface area contributed by atoms with E-state index >= 15 is 0 Å². The summed E-state index contributed by atoms with van der Waals surface area (Å²) in [5.41, 5.74) is 3.24. The Hall–Kier alpha value is -1.92. The van der Waals surface area contributed by atoms with E-state index in [1.165, 1.54) is 0 Å². The predicted molar refractivity (Wildman–Crippen MR) is 98.8 cm³/mol. The summed E-state index contributed by atoms with van der Waals surface area (Å²) in [6, 6.07) is 0. The molecule has 5 nitrogen and oxygen atoms in total. The first kappa shape index (κ1) is 15.6. The van der Waals surface area contributed by atoms with Gasteiger partial charge in [0.05, 0.1) is 18.1 Å². The summed E-state index contributed by atoms with van der Waals surface area (Å²) in [6.45, 7) is 5.42. The van der Waals surface area contributed by atoms with E-state index < -0.39 is 0 Å². The molecule has 1 aliphatic heterocycles. The highest BCUT2D eigenvalue weighted by Gasteiger charge is 2.23. The van der Waals surface area contributed by atoms with Gasteiger partial charge in [-0.1, -0.05) is 0 Å². The van der Waals surface area contributed by atoms with Crippen molar-refractivity contribution >= 4 is 44.8 Å². The summed E-state index contributed by atoms with van der Waals surface area (Å²) in [5, 5.41) is 5.06. The Labute approximate surface area is 148 Å². The fraction of sp³-hybridized carbons (Fsp3) is 0.353. The van der Waals surface area contributed by atoms with Gasteiger partial charge in [-0.3, -0.25) is 14.0 Å². The number of alkyl halides is 1. The van der Waals surface area contributed by atoms with Crippen molar-refractivity contribution in [1.29, 1.82) is 0 Å². The van der Waals surface area contributed by atoms with Crippen LogP contribution in [0.5, 0.6) is 0 Å². The number of aromatic nitrogens is 4. The highest BCUT2D eigenvalue weighted by Crippen LogP contribution is 2.31. The average molecular weight is 361 g/mol. The molecule has 0 amide bonds. The van der Waals surface area contributed by atoms with Gasteiger partial charge in [0.15, 0.2) is 0 Å². The molecule has 24 heavy (non-hydrogen) atoms. The van der Waals surface area contributed by atoms with E-state index in [-0.39, 0.29) is 5.56 Å². The van der Waals surface area contributed by atoms with Crippen LogP contribution in [0.2, 0.25) is 0 Å². The molecule has 3 aromatic heterocycles. The minimum absolute atomic E-state index is 0.0816. The molecule has 0 atom stereocenters. The van der Waals surface area contributed by atoms with Crippen molar-refractivity contribution in [2.75, 3.05) is 5.88 Å². The van der Waals surface area contributed by atoms with Crippen molar-refractivity contribution in [2.24, 2.45) is 0 Å². The van der Waals surface area contributed by atoms with Crippen LogP contribution in [0.15, 0.2) is 17.2 Å². The number of allylic oxidation sites excluding steroid dienone is 1. The lowest BCUT2D eigenvalue weighted by Crippen LogP contribution is -2.20. The van der Waals surface area contributed by atoms with Gasteiger partial charge in [-0.15, -0.1) is 22.9 Å². The maximum Gasteiger partial charge on any atom is 0.262 e. The third kappa shape index (κ3) is 2.41. The number of hydrogen-bond donors (Lipinski definition) is 0. The van der Waals surface area contributed by atoms with Gasteiger partial charge in [0.2, 0.25) is 0 Å². The Morgan fingerprint density at radius 2 is 2.25 bits per heavy atom. The van der Waals surface area contributed by atoms with Gasteiger partial charge in [-0.25, -0.2) is 4.98 Å². The number of aryl methyl sites for hydroxylation is 3. The molecule has 1 aliphatic rings. The Morgan fingerprint density at radius 1 is 1.42 bits per heavy atom. The van der Waals surface area contributed by atoms with Crippen molar-refractivity contribution in [3.63, 3.8) is 0 Å². The van der Waals surface area contributed by atoms with Gasteiger partial charge in [0.1, 0.15) is 10.7 Å². The molecule has 0 spiro atoms. The van der Waals surface area contributed by atoms with Crippen molar-refractivity contribution in [3.8, 4) is 0 Å². The first-order valence-electron chi connectivity index (χ1n) is 7.88. The molecule has 4 heterocycles. The highest BCUT2D eigenvalue weighted by molar-refractivity contribution is 7.18. The zero-order valence-corrected chi connectivity index (χ0v) is 15.1. The molecule has 0 saturated carbocycles. The van der Waals surface area contributed by atoms with Crippen LogP contribution >= 0.6 is 22.9 Å². The van der Waals surface area contributed by atoms with Gasteiger partial charge in [0.25, 0.3) is 5.56 Å². The summed E-state index contributed by atoms with van der Waals surface area (Å²) in [4.78, 5) is 19.6. The molecule has 0 unspecified atom stereocenters. The molecule has 7 heteroatoms. The van der Waals surface area contributed by atoms with Crippen molar-refractivity contribution in [3.05, 3.63) is 44.6 Å².